The summed E-state index contributed by atoms with van der Waals surface area (Å²) >= 11 is 0. The van der Waals surface area contributed by atoms with Gasteiger partial charge in [0.2, 0.25) is 0 Å². The number of unbranched alkanes of at least 4 members (excludes halogenated alkanes) is 11. The van der Waals surface area contributed by atoms with Gasteiger partial charge in [0.1, 0.15) is 31.0 Å². The third-order valence-corrected chi connectivity index (χ3v) is 16.8. The van der Waals surface area contributed by atoms with Crippen molar-refractivity contribution in [1.29, 1.82) is 0 Å². The number of esters is 1. The number of allylic oxidation sites excluding steroid dienone is 5. The first kappa shape index (κ1) is 49.5. The number of fused-ring (bicyclic) bond motifs is 5. The molecule has 5 aliphatic rings. The molecule has 0 bridgehead atoms. The Hall–Kier alpha value is -1.51. The van der Waals surface area contributed by atoms with Crippen molar-refractivity contribution in [2.45, 2.75) is 233 Å². The molecular formula is C53H90O7. The molecule has 7 heteroatoms. The van der Waals surface area contributed by atoms with Crippen molar-refractivity contribution in [3.63, 3.8) is 0 Å². The quantitative estimate of drug-likeness (QED) is 0.0505. The van der Waals surface area contributed by atoms with Crippen molar-refractivity contribution in [3.05, 3.63) is 36.0 Å². The van der Waals surface area contributed by atoms with Gasteiger partial charge >= 0.3 is 5.97 Å². The van der Waals surface area contributed by atoms with Gasteiger partial charge in [-0.3, -0.25) is 4.79 Å². The molecule has 1 heterocycles. The Labute approximate surface area is 367 Å². The first-order valence-corrected chi connectivity index (χ1v) is 25.4. The first-order chi connectivity index (χ1) is 28.8. The topological polar surface area (TPSA) is 105 Å². The molecule has 4 aliphatic carbocycles. The molecule has 60 heavy (non-hydrogen) atoms. The summed E-state index contributed by atoms with van der Waals surface area (Å²) in [7, 11) is 0. The fourth-order valence-corrected chi connectivity index (χ4v) is 12.9. The van der Waals surface area contributed by atoms with Gasteiger partial charge < -0.3 is 29.5 Å². The standard InChI is InChI=1S/C53H90O7/c1-8-10-11-12-13-14-15-16-17-18-19-20-21-22-23-24-47(54)58-36-46-48(55)49(56)50(57)51(60-46)59-41-31-33-52(6)40(35-41)27-28-42-44-30-29-43(53(44,7)34-32-45(42)52)38(5)25-26-39(9-2)37(3)4/h16-17,25-27,37-39,41-46,48-51,55-57H,8-15,18-24,28-36H2,1-7H3/b17-16-,26-25+/t38-,39-,41+,42+,43-,44+,45+,46?,48-,49?,50?,51-,52+,53-/m1/s1. The maximum atomic E-state index is 12.6. The second kappa shape index (κ2) is 24.0. The van der Waals surface area contributed by atoms with Crippen molar-refractivity contribution in [2.24, 2.45) is 52.3 Å². The van der Waals surface area contributed by atoms with E-state index in [1.54, 1.807) is 0 Å². The normalized spacial score (nSPS) is 36.5. The van der Waals surface area contributed by atoms with E-state index in [4.69, 9.17) is 14.2 Å². The van der Waals surface area contributed by atoms with Crippen molar-refractivity contribution in [3.8, 4) is 0 Å². The number of rotatable bonds is 24. The van der Waals surface area contributed by atoms with E-state index in [9.17, 15) is 20.1 Å². The fraction of sp³-hybridized carbons (Fsp3) is 0.868. The van der Waals surface area contributed by atoms with E-state index in [1.165, 1.54) is 89.0 Å². The molecule has 0 aromatic rings. The molecule has 0 aromatic carbocycles. The minimum Gasteiger partial charge on any atom is -0.463 e. The van der Waals surface area contributed by atoms with Crippen LogP contribution in [0.25, 0.3) is 0 Å². The lowest BCUT2D eigenvalue weighted by atomic mass is 9.47. The summed E-state index contributed by atoms with van der Waals surface area (Å²) in [6.45, 7) is 16.7. The summed E-state index contributed by atoms with van der Waals surface area (Å²) in [6.07, 6.45) is 32.1. The van der Waals surface area contributed by atoms with Crippen LogP contribution in [-0.4, -0.2) is 64.7 Å². The highest BCUT2D eigenvalue weighted by molar-refractivity contribution is 5.69. The zero-order valence-corrected chi connectivity index (χ0v) is 39.3. The largest absolute Gasteiger partial charge is 0.463 e. The van der Waals surface area contributed by atoms with Crippen LogP contribution in [0.15, 0.2) is 36.0 Å². The summed E-state index contributed by atoms with van der Waals surface area (Å²) in [5.41, 5.74) is 2.05. The van der Waals surface area contributed by atoms with Crippen LogP contribution in [0.2, 0.25) is 0 Å². The second-order valence-electron chi connectivity index (χ2n) is 21.1. The molecule has 3 N–H and O–H groups in total. The summed E-state index contributed by atoms with van der Waals surface area (Å²) in [4.78, 5) is 12.6. The SMILES string of the molecule is CCCCCCCC/C=C\CCCCCCCC(=O)OCC1O[C@@H](O[C@H]2CC[C@@]3(C)C(=CC[C@H]4[C@@H]5CC[C@H]([C@H](C)/C=C/[C@@H](CC)C(C)C)[C@@]5(C)CC[C@@H]43)C2)C(O)C(O)[C@@H]1O. The molecular weight excluding hydrogens is 749 g/mol. The van der Waals surface area contributed by atoms with E-state index >= 15 is 0 Å². The van der Waals surface area contributed by atoms with Gasteiger partial charge in [-0.2, -0.15) is 0 Å². The Bertz CT molecular complexity index is 1370. The summed E-state index contributed by atoms with van der Waals surface area (Å²) in [5, 5.41) is 32.5. The van der Waals surface area contributed by atoms with E-state index in [0.29, 0.717) is 35.5 Å². The third kappa shape index (κ3) is 12.6. The molecule has 3 unspecified atom stereocenters. The molecule has 5 rings (SSSR count). The van der Waals surface area contributed by atoms with Gasteiger partial charge in [0, 0.05) is 6.42 Å². The predicted octanol–water partition coefficient (Wildman–Crippen LogP) is 12.2. The summed E-state index contributed by atoms with van der Waals surface area (Å²) in [5.74, 6) is 4.60. The van der Waals surface area contributed by atoms with E-state index in [2.05, 4.69) is 78.8 Å². The lowest BCUT2D eigenvalue weighted by Gasteiger charge is -2.58. The molecule has 4 fully saturated rings. The number of hydrogen-bond acceptors (Lipinski definition) is 7. The van der Waals surface area contributed by atoms with Gasteiger partial charge in [0.25, 0.3) is 0 Å². The van der Waals surface area contributed by atoms with E-state index in [0.717, 1.165) is 75.5 Å². The monoisotopic (exact) mass is 839 g/mol. The van der Waals surface area contributed by atoms with Gasteiger partial charge in [0.15, 0.2) is 6.29 Å². The Morgan fingerprint density at radius 1 is 0.817 bits per heavy atom. The van der Waals surface area contributed by atoms with E-state index in [-0.39, 0.29) is 24.1 Å². The van der Waals surface area contributed by atoms with Gasteiger partial charge in [-0.15, -0.1) is 0 Å². The Balaban J connectivity index is 1.03. The molecule has 3 saturated carbocycles. The molecule has 1 saturated heterocycles. The maximum Gasteiger partial charge on any atom is 0.305 e. The van der Waals surface area contributed by atoms with Crippen LogP contribution in [0, 0.1) is 52.3 Å². The molecule has 0 aromatic heterocycles. The van der Waals surface area contributed by atoms with E-state index in [1.807, 2.05) is 0 Å². The molecule has 0 radical (unpaired) electrons. The lowest BCUT2D eigenvalue weighted by molar-refractivity contribution is -0.313. The number of hydrogen-bond donors (Lipinski definition) is 3. The van der Waals surface area contributed by atoms with Gasteiger partial charge in [-0.25, -0.2) is 0 Å². The van der Waals surface area contributed by atoms with Crippen molar-refractivity contribution >= 4 is 5.97 Å². The Kier molecular flexibility index (Phi) is 19.8. The Morgan fingerprint density at radius 3 is 2.18 bits per heavy atom. The Morgan fingerprint density at radius 2 is 1.50 bits per heavy atom. The fourth-order valence-electron chi connectivity index (χ4n) is 12.9. The van der Waals surface area contributed by atoms with Crippen molar-refractivity contribution in [1.82, 2.24) is 0 Å². The zero-order valence-electron chi connectivity index (χ0n) is 39.3. The van der Waals surface area contributed by atoms with Crippen LogP contribution in [-0.2, 0) is 19.0 Å². The smallest absolute Gasteiger partial charge is 0.305 e. The first-order valence-electron chi connectivity index (χ1n) is 25.4. The van der Waals surface area contributed by atoms with Gasteiger partial charge in [-0.1, -0.05) is 136 Å². The number of carbonyl (C=O) groups excluding carboxylic acids is 1. The minimum absolute atomic E-state index is 0.151. The second-order valence-corrected chi connectivity index (χ2v) is 21.1. The average Bonchev–Trinajstić information content (AvgIpc) is 3.59. The van der Waals surface area contributed by atoms with Crippen molar-refractivity contribution < 1.29 is 34.3 Å². The van der Waals surface area contributed by atoms with Gasteiger partial charge in [-0.05, 0) is 142 Å². The highest BCUT2D eigenvalue weighted by Gasteiger charge is 2.59. The molecule has 7 nitrogen and oxygen atoms in total. The zero-order chi connectivity index (χ0) is 43.3. The maximum absolute atomic E-state index is 12.6. The highest BCUT2D eigenvalue weighted by Crippen LogP contribution is 2.67. The number of ether oxygens (including phenoxy) is 3. The summed E-state index contributed by atoms with van der Waals surface area (Å²) < 4.78 is 18.0. The van der Waals surface area contributed by atoms with Crippen LogP contribution >= 0.6 is 0 Å². The lowest BCUT2D eigenvalue weighted by Crippen LogP contribution is -2.60. The van der Waals surface area contributed by atoms with Gasteiger partial charge in [0.05, 0.1) is 6.10 Å². The molecule has 14 atom stereocenters. The number of aliphatic hydroxyl groups is 3. The van der Waals surface area contributed by atoms with Crippen LogP contribution in [0.1, 0.15) is 196 Å². The van der Waals surface area contributed by atoms with E-state index < -0.39 is 30.7 Å². The molecule has 1 aliphatic heterocycles. The van der Waals surface area contributed by atoms with Crippen LogP contribution in [0.3, 0.4) is 0 Å². The van der Waals surface area contributed by atoms with Crippen LogP contribution < -0.4 is 0 Å². The van der Waals surface area contributed by atoms with Crippen LogP contribution in [0.4, 0.5) is 0 Å². The minimum atomic E-state index is -1.45. The third-order valence-electron chi connectivity index (χ3n) is 16.8. The predicted molar refractivity (Wildman–Crippen MR) is 244 cm³/mol. The number of aliphatic hydroxyl groups excluding tert-OH is 3. The molecule has 0 amide bonds. The molecule has 0 spiro atoms. The highest BCUT2D eigenvalue weighted by atomic mass is 16.7. The van der Waals surface area contributed by atoms with Crippen molar-refractivity contribution in [2.75, 3.05) is 6.61 Å². The summed E-state index contributed by atoms with van der Waals surface area (Å²) in [6, 6.07) is 0. The average molecular weight is 839 g/mol. The van der Waals surface area contributed by atoms with Crippen LogP contribution in [0.5, 0.6) is 0 Å². The number of carbonyl (C=O) groups is 1. The molecule has 344 valence electrons.